The van der Waals surface area contributed by atoms with Gasteiger partial charge in [-0.25, -0.2) is 4.98 Å². The number of benzene rings is 1. The van der Waals surface area contributed by atoms with E-state index in [9.17, 15) is 0 Å². The van der Waals surface area contributed by atoms with E-state index in [1.807, 2.05) is 24.3 Å². The molecule has 0 saturated heterocycles. The topological polar surface area (TPSA) is 74.7 Å². The molecule has 1 aromatic carbocycles. The van der Waals surface area contributed by atoms with E-state index in [0.29, 0.717) is 27.8 Å². The van der Waals surface area contributed by atoms with Crippen LogP contribution < -0.4 is 11.1 Å². The molecule has 0 atom stereocenters. The van der Waals surface area contributed by atoms with Crippen molar-refractivity contribution in [1.82, 2.24) is 4.98 Å². The van der Waals surface area contributed by atoms with Gasteiger partial charge in [-0.2, -0.15) is 5.26 Å². The summed E-state index contributed by atoms with van der Waals surface area (Å²) in [6.07, 6.45) is 1.49. The number of nitrogen functional groups attached to an aromatic ring is 1. The quantitative estimate of drug-likeness (QED) is 0.852. The number of rotatable bonds is 2. The molecule has 2 rings (SSSR count). The smallest absolute Gasteiger partial charge is 0.148 e. The van der Waals surface area contributed by atoms with Crippen LogP contribution >= 0.6 is 11.6 Å². The lowest BCUT2D eigenvalue weighted by Crippen LogP contribution is -1.99. The van der Waals surface area contributed by atoms with Crippen LogP contribution in [0.3, 0.4) is 0 Å². The third kappa shape index (κ3) is 2.47. The maximum Gasteiger partial charge on any atom is 0.148 e. The van der Waals surface area contributed by atoms with Crippen LogP contribution in [-0.2, 0) is 0 Å². The summed E-state index contributed by atoms with van der Waals surface area (Å²) in [5.41, 5.74) is 7.09. The molecule has 1 aromatic heterocycles. The van der Waals surface area contributed by atoms with Gasteiger partial charge < -0.3 is 11.1 Å². The summed E-state index contributed by atoms with van der Waals surface area (Å²) in [5.74, 6) is 0.440. The van der Waals surface area contributed by atoms with Gasteiger partial charge in [0.15, 0.2) is 0 Å². The summed E-state index contributed by atoms with van der Waals surface area (Å²) < 4.78 is 0. The zero-order valence-corrected chi connectivity index (χ0v) is 9.57. The van der Waals surface area contributed by atoms with Gasteiger partial charge in [-0.05, 0) is 18.2 Å². The summed E-state index contributed by atoms with van der Waals surface area (Å²) in [6.45, 7) is 0. The minimum atomic E-state index is 0.380. The standard InChI is InChI=1S/C12H9ClN4/c13-10-3-1-2-4-11(10)17-12-8(6-14)5-9(15)7-16-12/h1-5,7H,15H2,(H,16,17). The molecule has 0 radical (unpaired) electrons. The first-order valence-electron chi connectivity index (χ1n) is 4.88. The fraction of sp³-hybridized carbons (Fsp3) is 0. The number of aromatic nitrogens is 1. The molecule has 17 heavy (non-hydrogen) atoms. The first kappa shape index (κ1) is 11.2. The largest absolute Gasteiger partial charge is 0.397 e. The van der Waals surface area contributed by atoms with E-state index < -0.39 is 0 Å². The number of halogens is 1. The van der Waals surface area contributed by atoms with Gasteiger partial charge in [-0.1, -0.05) is 23.7 Å². The highest BCUT2D eigenvalue weighted by Crippen LogP contribution is 2.25. The molecule has 3 N–H and O–H groups in total. The first-order chi connectivity index (χ1) is 8.20. The summed E-state index contributed by atoms with van der Waals surface area (Å²) in [4.78, 5) is 4.07. The van der Waals surface area contributed by atoms with Crippen LogP contribution in [0.15, 0.2) is 36.5 Å². The summed E-state index contributed by atoms with van der Waals surface area (Å²) in [5, 5.41) is 12.5. The minimum absolute atomic E-state index is 0.380. The molecule has 0 aliphatic carbocycles. The third-order valence-corrected chi connectivity index (χ3v) is 2.49. The number of nitrogens with two attached hydrogens (primary N) is 1. The summed E-state index contributed by atoms with van der Waals surface area (Å²) >= 11 is 6.00. The Labute approximate surface area is 104 Å². The van der Waals surface area contributed by atoms with Gasteiger partial charge in [0.1, 0.15) is 11.9 Å². The van der Waals surface area contributed by atoms with Crippen molar-refractivity contribution in [2.24, 2.45) is 0 Å². The van der Waals surface area contributed by atoms with Crippen molar-refractivity contribution in [2.75, 3.05) is 11.1 Å². The zero-order chi connectivity index (χ0) is 12.3. The molecule has 4 nitrogen and oxygen atoms in total. The molecule has 0 saturated carbocycles. The Morgan fingerprint density at radius 2 is 2.12 bits per heavy atom. The fourth-order valence-electron chi connectivity index (χ4n) is 1.36. The lowest BCUT2D eigenvalue weighted by atomic mass is 10.2. The number of anilines is 3. The summed E-state index contributed by atoms with van der Waals surface area (Å²) in [7, 11) is 0. The highest BCUT2D eigenvalue weighted by atomic mass is 35.5. The molecule has 2 aromatic rings. The number of para-hydroxylation sites is 1. The maximum atomic E-state index is 8.97. The van der Waals surface area contributed by atoms with Crippen LogP contribution in [0.2, 0.25) is 5.02 Å². The first-order valence-corrected chi connectivity index (χ1v) is 5.25. The second-order valence-electron chi connectivity index (χ2n) is 3.38. The van der Waals surface area contributed by atoms with E-state index in [4.69, 9.17) is 22.6 Å². The Hall–Kier alpha value is -2.25. The average Bonchev–Trinajstić information content (AvgIpc) is 2.34. The Kier molecular flexibility index (Phi) is 3.12. The molecular weight excluding hydrogens is 236 g/mol. The van der Waals surface area contributed by atoms with Gasteiger partial charge in [0.2, 0.25) is 0 Å². The molecule has 0 spiro atoms. The number of pyridine rings is 1. The van der Waals surface area contributed by atoms with Gasteiger partial charge in [0, 0.05) is 0 Å². The van der Waals surface area contributed by atoms with Crippen molar-refractivity contribution in [3.8, 4) is 6.07 Å². The maximum absolute atomic E-state index is 8.97. The van der Waals surface area contributed by atoms with Crippen molar-refractivity contribution in [3.63, 3.8) is 0 Å². The highest BCUT2D eigenvalue weighted by molar-refractivity contribution is 6.33. The van der Waals surface area contributed by atoms with Gasteiger partial charge >= 0.3 is 0 Å². The van der Waals surface area contributed by atoms with E-state index in [0.717, 1.165) is 0 Å². The molecule has 1 heterocycles. The number of nitrogens with one attached hydrogen (secondary N) is 1. The van der Waals surface area contributed by atoms with E-state index in [2.05, 4.69) is 10.3 Å². The molecule has 0 amide bonds. The minimum Gasteiger partial charge on any atom is -0.397 e. The molecule has 0 bridgehead atoms. The van der Waals surface area contributed by atoms with Crippen molar-refractivity contribution in [3.05, 3.63) is 47.1 Å². The molecule has 0 aliphatic heterocycles. The monoisotopic (exact) mass is 244 g/mol. The number of nitrogens with zero attached hydrogens (tertiary/aromatic N) is 2. The van der Waals surface area contributed by atoms with E-state index in [-0.39, 0.29) is 0 Å². The molecule has 0 fully saturated rings. The Bertz CT molecular complexity index is 589. The second-order valence-corrected chi connectivity index (χ2v) is 3.79. The Morgan fingerprint density at radius 1 is 1.35 bits per heavy atom. The van der Waals surface area contributed by atoms with Crippen molar-refractivity contribution in [1.29, 1.82) is 5.26 Å². The Balaban J connectivity index is 2.37. The number of nitriles is 1. The van der Waals surface area contributed by atoms with E-state index >= 15 is 0 Å². The van der Waals surface area contributed by atoms with Crippen LogP contribution in [0.25, 0.3) is 0 Å². The molecular formula is C12H9ClN4. The van der Waals surface area contributed by atoms with Crippen LogP contribution in [0.5, 0.6) is 0 Å². The van der Waals surface area contributed by atoms with Crippen molar-refractivity contribution >= 4 is 28.8 Å². The molecule has 5 heteroatoms. The van der Waals surface area contributed by atoms with Crippen molar-refractivity contribution in [2.45, 2.75) is 0 Å². The zero-order valence-electron chi connectivity index (χ0n) is 8.81. The molecule has 0 aliphatic rings. The predicted molar refractivity (Wildman–Crippen MR) is 68.1 cm³/mol. The SMILES string of the molecule is N#Cc1cc(N)cnc1Nc1ccccc1Cl. The van der Waals surface area contributed by atoms with Gasteiger partial charge in [0.05, 0.1) is 28.2 Å². The number of hydrogen-bond donors (Lipinski definition) is 2. The van der Waals surface area contributed by atoms with Crippen LogP contribution in [0.4, 0.5) is 17.2 Å². The fourth-order valence-corrected chi connectivity index (χ4v) is 1.54. The van der Waals surface area contributed by atoms with E-state index in [1.54, 1.807) is 12.1 Å². The lowest BCUT2D eigenvalue weighted by Gasteiger charge is -2.08. The van der Waals surface area contributed by atoms with Crippen LogP contribution in [0, 0.1) is 11.3 Å². The predicted octanol–water partition coefficient (Wildman–Crippen LogP) is 2.93. The normalized spacial score (nSPS) is 9.65. The van der Waals surface area contributed by atoms with Gasteiger partial charge in [-0.15, -0.1) is 0 Å². The number of hydrogen-bond acceptors (Lipinski definition) is 4. The van der Waals surface area contributed by atoms with Crippen LogP contribution in [0.1, 0.15) is 5.56 Å². The average molecular weight is 245 g/mol. The van der Waals surface area contributed by atoms with Gasteiger partial charge in [-0.3, -0.25) is 0 Å². The lowest BCUT2D eigenvalue weighted by molar-refractivity contribution is 1.29. The molecule has 0 unspecified atom stereocenters. The third-order valence-electron chi connectivity index (χ3n) is 2.16. The van der Waals surface area contributed by atoms with Crippen molar-refractivity contribution < 1.29 is 0 Å². The highest BCUT2D eigenvalue weighted by Gasteiger charge is 2.06. The Morgan fingerprint density at radius 3 is 2.82 bits per heavy atom. The second kappa shape index (κ2) is 4.73. The van der Waals surface area contributed by atoms with Gasteiger partial charge in [0.25, 0.3) is 0 Å². The van der Waals surface area contributed by atoms with E-state index in [1.165, 1.54) is 6.20 Å². The van der Waals surface area contributed by atoms with Crippen LogP contribution in [-0.4, -0.2) is 4.98 Å². The summed E-state index contributed by atoms with van der Waals surface area (Å²) in [6, 6.07) is 10.8. The molecule has 84 valence electrons.